The van der Waals surface area contributed by atoms with Crippen LogP contribution in [0.2, 0.25) is 0 Å². The van der Waals surface area contributed by atoms with Crippen molar-refractivity contribution in [3.05, 3.63) is 90.5 Å². The summed E-state index contributed by atoms with van der Waals surface area (Å²) >= 11 is 0. The van der Waals surface area contributed by atoms with Crippen molar-refractivity contribution >= 4 is 23.0 Å². The van der Waals surface area contributed by atoms with E-state index >= 15 is 0 Å². The largest absolute Gasteiger partial charge is 0.481 e. The van der Waals surface area contributed by atoms with Gasteiger partial charge in [0.1, 0.15) is 0 Å². The van der Waals surface area contributed by atoms with Crippen LogP contribution < -0.4 is 4.90 Å². The van der Waals surface area contributed by atoms with Gasteiger partial charge in [0.2, 0.25) is 0 Å². The van der Waals surface area contributed by atoms with Gasteiger partial charge in [-0.3, -0.25) is 4.79 Å². The summed E-state index contributed by atoms with van der Waals surface area (Å²) < 4.78 is 0. The summed E-state index contributed by atoms with van der Waals surface area (Å²) in [4.78, 5) is 13.3. The molecule has 0 aliphatic rings. The number of carboxylic acids is 1. The SMILES string of the molecule is CC(C(=O)O)c1ccc(N(c2ccccc2)c2ccccc2)cc1. The Kier molecular flexibility index (Phi) is 4.62. The molecule has 3 aromatic rings. The molecule has 3 nitrogen and oxygen atoms in total. The average Bonchev–Trinajstić information content (AvgIpc) is 2.64. The first-order valence-electron chi connectivity index (χ1n) is 7.90. The molecular weight excluding hydrogens is 298 g/mol. The summed E-state index contributed by atoms with van der Waals surface area (Å²) in [5.41, 5.74) is 3.91. The van der Waals surface area contributed by atoms with Crippen molar-refractivity contribution in [2.24, 2.45) is 0 Å². The summed E-state index contributed by atoms with van der Waals surface area (Å²) in [6.07, 6.45) is 0. The lowest BCUT2D eigenvalue weighted by atomic mass is 10.0. The molecule has 1 unspecified atom stereocenters. The second kappa shape index (κ2) is 7.01. The van der Waals surface area contributed by atoms with Crippen LogP contribution in [-0.4, -0.2) is 11.1 Å². The number of benzene rings is 3. The number of anilines is 3. The highest BCUT2D eigenvalue weighted by molar-refractivity contribution is 5.78. The van der Waals surface area contributed by atoms with E-state index in [4.69, 9.17) is 5.11 Å². The monoisotopic (exact) mass is 317 g/mol. The maximum Gasteiger partial charge on any atom is 0.310 e. The van der Waals surface area contributed by atoms with Crippen molar-refractivity contribution in [1.29, 1.82) is 0 Å². The quantitative estimate of drug-likeness (QED) is 0.690. The molecule has 24 heavy (non-hydrogen) atoms. The second-order valence-electron chi connectivity index (χ2n) is 5.66. The minimum absolute atomic E-state index is 0.513. The Morgan fingerprint density at radius 3 is 1.58 bits per heavy atom. The van der Waals surface area contributed by atoms with Crippen molar-refractivity contribution in [1.82, 2.24) is 0 Å². The van der Waals surface area contributed by atoms with Gasteiger partial charge in [-0.1, -0.05) is 48.5 Å². The molecule has 0 aromatic heterocycles. The van der Waals surface area contributed by atoms with Gasteiger partial charge in [0, 0.05) is 17.1 Å². The number of hydrogen-bond acceptors (Lipinski definition) is 2. The van der Waals surface area contributed by atoms with E-state index in [2.05, 4.69) is 29.2 Å². The molecule has 120 valence electrons. The van der Waals surface area contributed by atoms with Crippen LogP contribution in [-0.2, 0) is 4.79 Å². The number of carboxylic acid groups (broad SMARTS) is 1. The Balaban J connectivity index is 2.02. The van der Waals surface area contributed by atoms with E-state index in [1.54, 1.807) is 6.92 Å². The zero-order valence-corrected chi connectivity index (χ0v) is 13.5. The van der Waals surface area contributed by atoms with Crippen LogP contribution in [0, 0.1) is 0 Å². The lowest BCUT2D eigenvalue weighted by Crippen LogP contribution is -2.11. The predicted octanol–water partition coefficient (Wildman–Crippen LogP) is 5.34. The Bertz CT molecular complexity index is 759. The first-order chi connectivity index (χ1) is 11.7. The summed E-state index contributed by atoms with van der Waals surface area (Å²) in [5.74, 6) is -1.33. The van der Waals surface area contributed by atoms with Gasteiger partial charge in [-0.15, -0.1) is 0 Å². The molecule has 3 aromatic carbocycles. The zero-order valence-electron chi connectivity index (χ0n) is 13.5. The Morgan fingerprint density at radius 1 is 0.750 bits per heavy atom. The molecule has 3 rings (SSSR count). The number of hydrogen-bond donors (Lipinski definition) is 1. The lowest BCUT2D eigenvalue weighted by Gasteiger charge is -2.25. The topological polar surface area (TPSA) is 40.5 Å². The van der Waals surface area contributed by atoms with Crippen LogP contribution in [0.1, 0.15) is 18.4 Å². The van der Waals surface area contributed by atoms with Crippen LogP contribution >= 0.6 is 0 Å². The number of nitrogens with zero attached hydrogens (tertiary/aromatic N) is 1. The van der Waals surface area contributed by atoms with Crippen LogP contribution in [0.5, 0.6) is 0 Å². The van der Waals surface area contributed by atoms with Crippen molar-refractivity contribution in [3.8, 4) is 0 Å². The third kappa shape index (κ3) is 3.30. The van der Waals surface area contributed by atoms with Gasteiger partial charge in [-0.2, -0.15) is 0 Å². The first-order valence-corrected chi connectivity index (χ1v) is 7.90. The molecule has 0 saturated heterocycles. The van der Waals surface area contributed by atoms with Crippen molar-refractivity contribution in [2.45, 2.75) is 12.8 Å². The van der Waals surface area contributed by atoms with E-state index in [-0.39, 0.29) is 0 Å². The van der Waals surface area contributed by atoms with E-state index in [1.165, 1.54) is 0 Å². The summed E-state index contributed by atoms with van der Waals surface area (Å²) in [5, 5.41) is 9.16. The van der Waals surface area contributed by atoms with Crippen LogP contribution in [0.15, 0.2) is 84.9 Å². The third-order valence-electron chi connectivity index (χ3n) is 4.05. The van der Waals surface area contributed by atoms with Gasteiger partial charge in [-0.05, 0) is 48.9 Å². The van der Waals surface area contributed by atoms with Gasteiger partial charge in [0.25, 0.3) is 0 Å². The minimum atomic E-state index is -0.814. The molecule has 0 aliphatic heterocycles. The molecule has 0 heterocycles. The maximum absolute atomic E-state index is 11.2. The van der Waals surface area contributed by atoms with E-state index < -0.39 is 11.9 Å². The van der Waals surface area contributed by atoms with Gasteiger partial charge >= 0.3 is 5.97 Å². The number of carbonyl (C=O) groups is 1. The molecule has 0 spiro atoms. The lowest BCUT2D eigenvalue weighted by molar-refractivity contribution is -0.138. The first kappa shape index (κ1) is 15.8. The highest BCUT2D eigenvalue weighted by Gasteiger charge is 2.15. The molecule has 0 amide bonds. The van der Waals surface area contributed by atoms with Crippen molar-refractivity contribution in [2.75, 3.05) is 4.90 Å². The number of rotatable bonds is 5. The second-order valence-corrected chi connectivity index (χ2v) is 5.66. The Morgan fingerprint density at radius 2 is 1.17 bits per heavy atom. The van der Waals surface area contributed by atoms with Crippen molar-refractivity contribution < 1.29 is 9.90 Å². The van der Waals surface area contributed by atoms with E-state index in [9.17, 15) is 4.79 Å². The molecule has 1 N–H and O–H groups in total. The number of aliphatic carboxylic acids is 1. The summed E-state index contributed by atoms with van der Waals surface area (Å²) in [7, 11) is 0. The van der Waals surface area contributed by atoms with Gasteiger partial charge in [0.05, 0.1) is 5.92 Å². The molecule has 3 heteroatoms. The summed E-state index contributed by atoms with van der Waals surface area (Å²) in [6, 6.07) is 27.9. The predicted molar refractivity (Wildman–Crippen MR) is 97.2 cm³/mol. The molecular formula is C21H19NO2. The fraction of sp³-hybridized carbons (Fsp3) is 0.0952. The molecule has 1 atom stereocenters. The highest BCUT2D eigenvalue weighted by atomic mass is 16.4. The highest BCUT2D eigenvalue weighted by Crippen LogP contribution is 2.34. The van der Waals surface area contributed by atoms with Crippen molar-refractivity contribution in [3.63, 3.8) is 0 Å². The zero-order chi connectivity index (χ0) is 16.9. The summed E-state index contributed by atoms with van der Waals surface area (Å²) in [6.45, 7) is 1.70. The Labute approximate surface area is 141 Å². The van der Waals surface area contributed by atoms with E-state index in [0.717, 1.165) is 22.6 Å². The third-order valence-corrected chi connectivity index (χ3v) is 4.05. The Hall–Kier alpha value is -3.07. The molecule has 0 aliphatic carbocycles. The van der Waals surface area contributed by atoms with E-state index in [0.29, 0.717) is 0 Å². The van der Waals surface area contributed by atoms with Gasteiger partial charge in [-0.25, -0.2) is 0 Å². The van der Waals surface area contributed by atoms with Crippen LogP contribution in [0.25, 0.3) is 0 Å². The smallest absolute Gasteiger partial charge is 0.310 e. The van der Waals surface area contributed by atoms with Crippen LogP contribution in [0.3, 0.4) is 0 Å². The average molecular weight is 317 g/mol. The fourth-order valence-electron chi connectivity index (χ4n) is 2.66. The number of para-hydroxylation sites is 2. The minimum Gasteiger partial charge on any atom is -0.481 e. The normalized spacial score (nSPS) is 11.7. The van der Waals surface area contributed by atoms with E-state index in [1.807, 2.05) is 60.7 Å². The molecule has 0 bridgehead atoms. The van der Waals surface area contributed by atoms with Gasteiger partial charge in [0.15, 0.2) is 0 Å². The molecule has 0 radical (unpaired) electrons. The van der Waals surface area contributed by atoms with Crippen LogP contribution in [0.4, 0.5) is 17.1 Å². The standard InChI is InChI=1S/C21H19NO2/c1-16(21(23)24)17-12-14-20(15-13-17)22(18-8-4-2-5-9-18)19-10-6-3-7-11-19/h2-16H,1H3,(H,23,24). The molecule has 0 fully saturated rings. The van der Waals surface area contributed by atoms with Gasteiger partial charge < -0.3 is 10.0 Å². The maximum atomic E-state index is 11.2. The molecule has 0 saturated carbocycles. The fourth-order valence-corrected chi connectivity index (χ4v) is 2.66.